The predicted octanol–water partition coefficient (Wildman–Crippen LogP) is 2.34. The Morgan fingerprint density at radius 1 is 1.29 bits per heavy atom. The van der Waals surface area contributed by atoms with Crippen LogP contribution in [0.4, 0.5) is 0 Å². The highest BCUT2D eigenvalue weighted by atomic mass is 16.5. The first-order valence-corrected chi connectivity index (χ1v) is 7.01. The SMILES string of the molecule is COc1ccc(CC(C)(NCC(C)C)C(=O)O)cc1OC. The van der Waals surface area contributed by atoms with Gasteiger partial charge in [-0.05, 0) is 37.1 Å². The number of carbonyl (C=O) groups is 1. The third-order valence-electron chi connectivity index (χ3n) is 3.38. The van der Waals surface area contributed by atoms with Gasteiger partial charge in [-0.3, -0.25) is 4.79 Å². The molecule has 0 heterocycles. The Bertz CT molecular complexity index is 487. The molecule has 1 atom stereocenters. The fourth-order valence-electron chi connectivity index (χ4n) is 2.04. The highest BCUT2D eigenvalue weighted by Crippen LogP contribution is 2.29. The lowest BCUT2D eigenvalue weighted by atomic mass is 9.92. The molecular formula is C16H25NO4. The molecule has 0 saturated carbocycles. The second-order valence-corrected chi connectivity index (χ2v) is 5.78. The topological polar surface area (TPSA) is 67.8 Å². The molecule has 21 heavy (non-hydrogen) atoms. The summed E-state index contributed by atoms with van der Waals surface area (Å²) < 4.78 is 10.4. The van der Waals surface area contributed by atoms with E-state index in [4.69, 9.17) is 9.47 Å². The zero-order valence-electron chi connectivity index (χ0n) is 13.4. The lowest BCUT2D eigenvalue weighted by molar-refractivity contribution is -0.144. The van der Waals surface area contributed by atoms with E-state index in [1.807, 2.05) is 26.0 Å². The van der Waals surface area contributed by atoms with Gasteiger partial charge >= 0.3 is 5.97 Å². The van der Waals surface area contributed by atoms with E-state index in [1.165, 1.54) is 0 Å². The second-order valence-electron chi connectivity index (χ2n) is 5.78. The van der Waals surface area contributed by atoms with Crippen molar-refractivity contribution < 1.29 is 19.4 Å². The number of hydrogen-bond acceptors (Lipinski definition) is 4. The molecule has 0 saturated heterocycles. The number of benzene rings is 1. The molecule has 1 rings (SSSR count). The maximum absolute atomic E-state index is 11.6. The molecule has 0 aliphatic rings. The summed E-state index contributed by atoms with van der Waals surface area (Å²) in [6, 6.07) is 5.47. The Balaban J connectivity index is 2.96. The van der Waals surface area contributed by atoms with E-state index in [-0.39, 0.29) is 0 Å². The monoisotopic (exact) mass is 295 g/mol. The molecular weight excluding hydrogens is 270 g/mol. The van der Waals surface area contributed by atoms with Crippen LogP contribution in [0.3, 0.4) is 0 Å². The first-order chi connectivity index (χ1) is 9.82. The summed E-state index contributed by atoms with van der Waals surface area (Å²) in [6.45, 7) is 6.45. The Kier molecular flexibility index (Phi) is 6.03. The van der Waals surface area contributed by atoms with E-state index < -0.39 is 11.5 Å². The molecule has 0 bridgehead atoms. The molecule has 1 unspecified atom stereocenters. The summed E-state index contributed by atoms with van der Waals surface area (Å²) in [5, 5.41) is 12.7. The number of carboxylic acids is 1. The number of carboxylic acid groups (broad SMARTS) is 1. The van der Waals surface area contributed by atoms with E-state index >= 15 is 0 Å². The van der Waals surface area contributed by atoms with Crippen LogP contribution in [0, 0.1) is 5.92 Å². The van der Waals surface area contributed by atoms with Crippen LogP contribution in [-0.4, -0.2) is 37.4 Å². The number of aliphatic carboxylic acids is 1. The number of methoxy groups -OCH3 is 2. The van der Waals surface area contributed by atoms with Gasteiger partial charge in [0.05, 0.1) is 14.2 Å². The van der Waals surface area contributed by atoms with Gasteiger partial charge in [0.15, 0.2) is 11.5 Å². The van der Waals surface area contributed by atoms with Gasteiger partial charge in [-0.15, -0.1) is 0 Å². The minimum Gasteiger partial charge on any atom is -0.493 e. The first kappa shape index (κ1) is 17.3. The lowest BCUT2D eigenvalue weighted by Gasteiger charge is -2.27. The van der Waals surface area contributed by atoms with Gasteiger partial charge in [0, 0.05) is 6.42 Å². The molecule has 0 aromatic heterocycles. The summed E-state index contributed by atoms with van der Waals surface area (Å²) in [5.74, 6) is 0.757. The van der Waals surface area contributed by atoms with Gasteiger partial charge in [-0.25, -0.2) is 0 Å². The van der Waals surface area contributed by atoms with Gasteiger partial charge in [0.1, 0.15) is 5.54 Å². The van der Waals surface area contributed by atoms with Crippen LogP contribution in [0.2, 0.25) is 0 Å². The van der Waals surface area contributed by atoms with Gasteiger partial charge in [-0.1, -0.05) is 19.9 Å². The van der Waals surface area contributed by atoms with Crippen molar-refractivity contribution in [2.75, 3.05) is 20.8 Å². The van der Waals surface area contributed by atoms with E-state index in [9.17, 15) is 9.90 Å². The van der Waals surface area contributed by atoms with E-state index in [0.29, 0.717) is 30.4 Å². The van der Waals surface area contributed by atoms with Crippen LogP contribution in [0.15, 0.2) is 18.2 Å². The van der Waals surface area contributed by atoms with E-state index in [0.717, 1.165) is 5.56 Å². The molecule has 2 N–H and O–H groups in total. The second kappa shape index (κ2) is 7.31. The summed E-state index contributed by atoms with van der Waals surface area (Å²) in [6.07, 6.45) is 0.370. The van der Waals surface area contributed by atoms with Crippen molar-refractivity contribution in [2.24, 2.45) is 5.92 Å². The van der Waals surface area contributed by atoms with Crippen molar-refractivity contribution in [1.82, 2.24) is 5.32 Å². The quantitative estimate of drug-likeness (QED) is 0.770. The largest absolute Gasteiger partial charge is 0.493 e. The van der Waals surface area contributed by atoms with Crippen molar-refractivity contribution in [3.05, 3.63) is 23.8 Å². The molecule has 0 aliphatic heterocycles. The molecule has 1 aromatic rings. The summed E-state index contributed by atoms with van der Waals surface area (Å²) in [7, 11) is 3.14. The van der Waals surface area contributed by atoms with Crippen molar-refractivity contribution in [3.8, 4) is 11.5 Å². The summed E-state index contributed by atoms with van der Waals surface area (Å²) >= 11 is 0. The maximum atomic E-state index is 11.6. The summed E-state index contributed by atoms with van der Waals surface area (Å²) in [5.41, 5.74) is -0.127. The van der Waals surface area contributed by atoms with Crippen LogP contribution < -0.4 is 14.8 Å². The zero-order chi connectivity index (χ0) is 16.0. The molecule has 118 valence electrons. The number of rotatable bonds is 8. The lowest BCUT2D eigenvalue weighted by Crippen LogP contribution is -2.52. The predicted molar refractivity (Wildman–Crippen MR) is 82.1 cm³/mol. The molecule has 5 heteroatoms. The molecule has 0 fully saturated rings. The number of nitrogens with one attached hydrogen (secondary N) is 1. The van der Waals surface area contributed by atoms with E-state index in [2.05, 4.69) is 5.32 Å². The maximum Gasteiger partial charge on any atom is 0.323 e. The molecule has 5 nitrogen and oxygen atoms in total. The minimum absolute atomic E-state index is 0.370. The molecule has 1 aromatic carbocycles. The van der Waals surface area contributed by atoms with Crippen LogP contribution in [0.5, 0.6) is 11.5 Å². The smallest absolute Gasteiger partial charge is 0.323 e. The van der Waals surface area contributed by atoms with Crippen LogP contribution >= 0.6 is 0 Å². The van der Waals surface area contributed by atoms with Crippen LogP contribution in [0.25, 0.3) is 0 Å². The van der Waals surface area contributed by atoms with Crippen molar-refractivity contribution >= 4 is 5.97 Å². The Morgan fingerprint density at radius 2 is 1.90 bits per heavy atom. The highest BCUT2D eigenvalue weighted by molar-refractivity contribution is 5.78. The Morgan fingerprint density at radius 3 is 2.38 bits per heavy atom. The van der Waals surface area contributed by atoms with Gasteiger partial charge in [-0.2, -0.15) is 0 Å². The van der Waals surface area contributed by atoms with E-state index in [1.54, 1.807) is 27.2 Å². The Labute approximate surface area is 126 Å². The third-order valence-corrected chi connectivity index (χ3v) is 3.38. The first-order valence-electron chi connectivity index (χ1n) is 7.01. The molecule has 0 amide bonds. The van der Waals surface area contributed by atoms with Crippen molar-refractivity contribution in [2.45, 2.75) is 32.7 Å². The average molecular weight is 295 g/mol. The normalized spacial score (nSPS) is 13.8. The van der Waals surface area contributed by atoms with Gasteiger partial charge in [0.25, 0.3) is 0 Å². The fraction of sp³-hybridized carbons (Fsp3) is 0.562. The highest BCUT2D eigenvalue weighted by Gasteiger charge is 2.33. The van der Waals surface area contributed by atoms with Gasteiger partial charge in [0.2, 0.25) is 0 Å². The summed E-state index contributed by atoms with van der Waals surface area (Å²) in [4.78, 5) is 11.6. The van der Waals surface area contributed by atoms with Crippen molar-refractivity contribution in [3.63, 3.8) is 0 Å². The zero-order valence-corrected chi connectivity index (χ0v) is 13.4. The minimum atomic E-state index is -1.01. The number of ether oxygens (including phenoxy) is 2. The number of hydrogen-bond donors (Lipinski definition) is 2. The molecule has 0 aliphatic carbocycles. The molecule has 0 spiro atoms. The van der Waals surface area contributed by atoms with Crippen LogP contribution in [-0.2, 0) is 11.2 Å². The fourth-order valence-corrected chi connectivity index (χ4v) is 2.04. The standard InChI is InChI=1S/C16H25NO4/c1-11(2)10-17-16(3,15(18)19)9-12-6-7-13(20-4)14(8-12)21-5/h6-8,11,17H,9-10H2,1-5H3,(H,18,19). The Hall–Kier alpha value is -1.75. The van der Waals surface area contributed by atoms with Crippen LogP contribution in [0.1, 0.15) is 26.3 Å². The molecule has 0 radical (unpaired) electrons. The van der Waals surface area contributed by atoms with Crippen molar-refractivity contribution in [1.29, 1.82) is 0 Å². The van der Waals surface area contributed by atoms with Gasteiger partial charge < -0.3 is 19.9 Å². The average Bonchev–Trinajstić information content (AvgIpc) is 2.44. The third kappa shape index (κ3) is 4.63.